The Hall–Kier alpha value is -3.00. The summed E-state index contributed by atoms with van der Waals surface area (Å²) in [6, 6.07) is 7.16. The molecule has 4 rings (SSSR count). The standard InChI is InChI=1S/C27H33F2N3O3/c1-17-7-10-23(21-6-4-5-20(17)21)35-26(2,3)24(33)32-27(11-13-30-14-12-27)25(34)31-16-18-8-9-19(28)15-22(18)29/h7-10,15,30H,4-6,11-14,16H2,1-3H3,(H,31,34)(H,32,33). The Morgan fingerprint density at radius 1 is 1.09 bits per heavy atom. The number of nitrogens with one attached hydrogen (secondary N) is 3. The third-order valence-electron chi connectivity index (χ3n) is 7.09. The molecule has 1 saturated heterocycles. The summed E-state index contributed by atoms with van der Waals surface area (Å²) in [5.74, 6) is -1.49. The summed E-state index contributed by atoms with van der Waals surface area (Å²) in [6.07, 6.45) is 3.75. The summed E-state index contributed by atoms with van der Waals surface area (Å²) in [7, 11) is 0. The van der Waals surface area contributed by atoms with Crippen molar-refractivity contribution in [3.05, 3.63) is 64.2 Å². The van der Waals surface area contributed by atoms with E-state index in [1.807, 2.05) is 12.1 Å². The third kappa shape index (κ3) is 5.32. The van der Waals surface area contributed by atoms with Gasteiger partial charge in [-0.25, -0.2) is 8.78 Å². The first-order valence-corrected chi connectivity index (χ1v) is 12.2. The maximum absolute atomic E-state index is 14.0. The van der Waals surface area contributed by atoms with Gasteiger partial charge < -0.3 is 20.7 Å². The highest BCUT2D eigenvalue weighted by molar-refractivity contribution is 5.94. The topological polar surface area (TPSA) is 79.5 Å². The molecule has 2 amide bonds. The van der Waals surface area contributed by atoms with Crippen LogP contribution < -0.4 is 20.7 Å². The maximum atomic E-state index is 14.0. The number of piperidine rings is 1. The van der Waals surface area contributed by atoms with Gasteiger partial charge in [0.15, 0.2) is 5.60 Å². The zero-order chi connectivity index (χ0) is 25.2. The van der Waals surface area contributed by atoms with Crippen LogP contribution in [0.25, 0.3) is 0 Å². The Labute approximate surface area is 204 Å². The average molecular weight is 486 g/mol. The monoisotopic (exact) mass is 485 g/mol. The van der Waals surface area contributed by atoms with Crippen molar-refractivity contribution >= 4 is 11.8 Å². The molecular weight excluding hydrogens is 452 g/mol. The van der Waals surface area contributed by atoms with Crippen molar-refractivity contribution < 1.29 is 23.1 Å². The van der Waals surface area contributed by atoms with Gasteiger partial charge in [0, 0.05) is 18.2 Å². The van der Waals surface area contributed by atoms with Crippen LogP contribution in [-0.2, 0) is 29.0 Å². The van der Waals surface area contributed by atoms with E-state index in [0.717, 1.165) is 37.0 Å². The molecule has 2 aromatic rings. The Kier molecular flexibility index (Phi) is 7.12. The number of hydrogen-bond acceptors (Lipinski definition) is 4. The molecule has 0 saturated carbocycles. The molecule has 1 fully saturated rings. The fraction of sp³-hybridized carbons (Fsp3) is 0.481. The fourth-order valence-electron chi connectivity index (χ4n) is 4.91. The van der Waals surface area contributed by atoms with E-state index in [2.05, 4.69) is 22.9 Å². The number of amides is 2. The lowest BCUT2D eigenvalue weighted by atomic mass is 9.86. The number of ether oxygens (including phenoxy) is 1. The molecule has 3 N–H and O–H groups in total. The number of carbonyl (C=O) groups excluding carboxylic acids is 2. The van der Waals surface area contributed by atoms with Gasteiger partial charge in [-0.1, -0.05) is 12.1 Å². The van der Waals surface area contributed by atoms with Crippen LogP contribution in [0.2, 0.25) is 0 Å². The van der Waals surface area contributed by atoms with Crippen molar-refractivity contribution in [2.75, 3.05) is 13.1 Å². The Balaban J connectivity index is 1.49. The van der Waals surface area contributed by atoms with Crippen LogP contribution in [0.15, 0.2) is 30.3 Å². The van der Waals surface area contributed by atoms with Crippen molar-refractivity contribution in [3.63, 3.8) is 0 Å². The van der Waals surface area contributed by atoms with E-state index in [1.165, 1.54) is 17.2 Å². The fourth-order valence-corrected chi connectivity index (χ4v) is 4.91. The second-order valence-electron chi connectivity index (χ2n) is 10.0. The summed E-state index contributed by atoms with van der Waals surface area (Å²) in [5.41, 5.74) is 1.48. The van der Waals surface area contributed by atoms with Crippen molar-refractivity contribution in [1.29, 1.82) is 0 Å². The van der Waals surface area contributed by atoms with Gasteiger partial charge in [0.1, 0.15) is 22.9 Å². The quantitative estimate of drug-likeness (QED) is 0.561. The summed E-state index contributed by atoms with van der Waals surface area (Å²) >= 11 is 0. The highest BCUT2D eigenvalue weighted by Crippen LogP contribution is 2.35. The molecule has 0 aromatic heterocycles. The van der Waals surface area contributed by atoms with Gasteiger partial charge in [0.05, 0.1) is 0 Å². The number of aryl methyl sites for hydroxylation is 1. The van der Waals surface area contributed by atoms with Gasteiger partial charge in [-0.3, -0.25) is 9.59 Å². The highest BCUT2D eigenvalue weighted by atomic mass is 19.1. The minimum atomic E-state index is -1.22. The molecule has 35 heavy (non-hydrogen) atoms. The molecule has 1 heterocycles. The van der Waals surface area contributed by atoms with Gasteiger partial charge in [-0.2, -0.15) is 0 Å². The summed E-state index contributed by atoms with van der Waals surface area (Å²) in [5, 5.41) is 8.90. The van der Waals surface area contributed by atoms with Gasteiger partial charge in [0.25, 0.3) is 5.91 Å². The number of rotatable bonds is 7. The Morgan fingerprint density at radius 2 is 1.80 bits per heavy atom. The van der Waals surface area contributed by atoms with Crippen LogP contribution in [0.3, 0.4) is 0 Å². The number of fused-ring (bicyclic) bond motifs is 1. The first kappa shape index (κ1) is 25.1. The van der Waals surface area contributed by atoms with Crippen molar-refractivity contribution in [2.24, 2.45) is 0 Å². The van der Waals surface area contributed by atoms with Crippen LogP contribution in [0.1, 0.15) is 55.4 Å². The lowest BCUT2D eigenvalue weighted by Gasteiger charge is -2.39. The van der Waals surface area contributed by atoms with Gasteiger partial charge in [-0.05, 0) is 94.8 Å². The molecule has 1 aliphatic carbocycles. The lowest BCUT2D eigenvalue weighted by Crippen LogP contribution is -2.65. The van der Waals surface area contributed by atoms with Gasteiger partial charge in [0.2, 0.25) is 5.91 Å². The van der Waals surface area contributed by atoms with E-state index in [4.69, 9.17) is 4.74 Å². The molecule has 8 heteroatoms. The molecular formula is C27H33F2N3O3. The number of benzene rings is 2. The maximum Gasteiger partial charge on any atom is 0.264 e. The molecule has 0 atom stereocenters. The SMILES string of the molecule is Cc1ccc(OC(C)(C)C(=O)NC2(C(=O)NCc3ccc(F)cc3F)CCNCC2)c2c1CCC2. The minimum Gasteiger partial charge on any atom is -0.478 e. The number of carbonyl (C=O) groups is 2. The van der Waals surface area contributed by atoms with Crippen LogP contribution in [-0.4, -0.2) is 36.0 Å². The van der Waals surface area contributed by atoms with E-state index in [9.17, 15) is 18.4 Å². The second-order valence-corrected chi connectivity index (χ2v) is 10.0. The van der Waals surface area contributed by atoms with Crippen molar-refractivity contribution in [2.45, 2.75) is 70.6 Å². The van der Waals surface area contributed by atoms with E-state index in [-0.39, 0.29) is 12.1 Å². The first-order valence-electron chi connectivity index (χ1n) is 12.2. The van der Waals surface area contributed by atoms with Crippen LogP contribution >= 0.6 is 0 Å². The van der Waals surface area contributed by atoms with E-state index in [0.29, 0.717) is 31.7 Å². The molecule has 188 valence electrons. The smallest absolute Gasteiger partial charge is 0.264 e. The van der Waals surface area contributed by atoms with Crippen molar-refractivity contribution in [3.8, 4) is 5.75 Å². The normalized spacial score (nSPS) is 16.9. The molecule has 0 bridgehead atoms. The second kappa shape index (κ2) is 9.93. The highest BCUT2D eigenvalue weighted by Gasteiger charge is 2.44. The number of hydrogen-bond donors (Lipinski definition) is 3. The first-order chi connectivity index (χ1) is 16.6. The minimum absolute atomic E-state index is 0.106. The van der Waals surface area contributed by atoms with E-state index < -0.39 is 34.6 Å². The molecule has 0 unspecified atom stereocenters. The summed E-state index contributed by atoms with van der Waals surface area (Å²) in [4.78, 5) is 26.7. The molecule has 0 radical (unpaired) electrons. The largest absolute Gasteiger partial charge is 0.478 e. The summed E-state index contributed by atoms with van der Waals surface area (Å²) in [6.45, 7) is 6.47. The molecule has 0 spiro atoms. The lowest BCUT2D eigenvalue weighted by molar-refractivity contribution is -0.142. The van der Waals surface area contributed by atoms with E-state index in [1.54, 1.807) is 13.8 Å². The van der Waals surface area contributed by atoms with Crippen LogP contribution in [0, 0.1) is 18.6 Å². The number of halogens is 2. The summed E-state index contributed by atoms with van der Waals surface area (Å²) < 4.78 is 33.5. The third-order valence-corrected chi connectivity index (χ3v) is 7.09. The zero-order valence-electron chi connectivity index (χ0n) is 20.5. The average Bonchev–Trinajstić information content (AvgIpc) is 3.32. The molecule has 6 nitrogen and oxygen atoms in total. The van der Waals surface area contributed by atoms with Crippen LogP contribution in [0.4, 0.5) is 8.78 Å². The zero-order valence-corrected chi connectivity index (χ0v) is 20.5. The predicted molar refractivity (Wildman–Crippen MR) is 129 cm³/mol. The van der Waals surface area contributed by atoms with Crippen molar-refractivity contribution in [1.82, 2.24) is 16.0 Å². The molecule has 2 aromatic carbocycles. The van der Waals surface area contributed by atoms with Crippen LogP contribution in [0.5, 0.6) is 5.75 Å². The molecule has 1 aliphatic heterocycles. The Bertz CT molecular complexity index is 1130. The Morgan fingerprint density at radius 3 is 2.51 bits per heavy atom. The van der Waals surface area contributed by atoms with E-state index >= 15 is 0 Å². The van der Waals surface area contributed by atoms with Gasteiger partial charge in [-0.15, -0.1) is 0 Å². The predicted octanol–water partition coefficient (Wildman–Crippen LogP) is 3.47. The molecule has 2 aliphatic rings. The van der Waals surface area contributed by atoms with Gasteiger partial charge >= 0.3 is 0 Å².